The van der Waals surface area contributed by atoms with E-state index in [2.05, 4.69) is 27.2 Å². The maximum absolute atomic E-state index is 12.6. The molecular formula is C24H33N5O3. The number of hydrogen-bond donors (Lipinski definition) is 2. The highest BCUT2D eigenvalue weighted by Gasteiger charge is 2.24. The van der Waals surface area contributed by atoms with E-state index in [1.165, 1.54) is 5.56 Å². The van der Waals surface area contributed by atoms with Gasteiger partial charge in [-0.15, -0.1) is 0 Å². The monoisotopic (exact) mass is 439 g/mol. The van der Waals surface area contributed by atoms with Crippen LogP contribution in [-0.2, 0) is 24.4 Å². The molecule has 1 unspecified atom stereocenters. The van der Waals surface area contributed by atoms with Crippen LogP contribution in [0, 0.1) is 5.92 Å². The van der Waals surface area contributed by atoms with Gasteiger partial charge >= 0.3 is 6.03 Å². The van der Waals surface area contributed by atoms with Crippen LogP contribution in [0.2, 0.25) is 0 Å². The number of piperidine rings is 1. The number of rotatable bonds is 7. The summed E-state index contributed by atoms with van der Waals surface area (Å²) in [5.74, 6) is 0.705. The van der Waals surface area contributed by atoms with E-state index in [0.29, 0.717) is 19.6 Å². The summed E-state index contributed by atoms with van der Waals surface area (Å²) in [6.07, 6.45) is 3.57. The maximum atomic E-state index is 12.6. The highest BCUT2D eigenvalue weighted by atomic mass is 16.3. The summed E-state index contributed by atoms with van der Waals surface area (Å²) in [6, 6.07) is 12.2. The number of nitrogens with zero attached hydrogens (tertiary/aromatic N) is 3. The number of piperazine rings is 1. The Morgan fingerprint density at radius 2 is 1.81 bits per heavy atom. The molecule has 3 heterocycles. The molecule has 1 aromatic heterocycles. The molecule has 2 fully saturated rings. The van der Waals surface area contributed by atoms with E-state index >= 15 is 0 Å². The zero-order chi connectivity index (χ0) is 22.3. The molecule has 0 spiro atoms. The predicted octanol–water partition coefficient (Wildman–Crippen LogP) is 2.00. The Balaban J connectivity index is 1.22. The molecule has 0 saturated carbocycles. The summed E-state index contributed by atoms with van der Waals surface area (Å²) in [5.41, 5.74) is 7.77. The number of primary amides is 1. The van der Waals surface area contributed by atoms with Gasteiger partial charge in [0.15, 0.2) is 0 Å². The zero-order valence-corrected chi connectivity index (χ0v) is 18.5. The van der Waals surface area contributed by atoms with Crippen molar-refractivity contribution in [3.63, 3.8) is 0 Å². The van der Waals surface area contributed by atoms with E-state index < -0.39 is 0 Å². The Morgan fingerprint density at radius 1 is 1.00 bits per heavy atom. The molecule has 3 amide bonds. The molecule has 2 saturated heterocycles. The van der Waals surface area contributed by atoms with Gasteiger partial charge in [0.25, 0.3) is 0 Å². The molecule has 0 radical (unpaired) electrons. The topological polar surface area (TPSA) is 95.0 Å². The number of amides is 3. The van der Waals surface area contributed by atoms with Gasteiger partial charge in [-0.1, -0.05) is 24.3 Å². The fraction of sp³-hybridized carbons (Fsp3) is 0.500. The van der Waals surface area contributed by atoms with Crippen LogP contribution in [0.15, 0.2) is 47.1 Å². The summed E-state index contributed by atoms with van der Waals surface area (Å²) in [4.78, 5) is 30.6. The molecule has 0 aliphatic carbocycles. The van der Waals surface area contributed by atoms with Crippen molar-refractivity contribution < 1.29 is 14.0 Å². The van der Waals surface area contributed by atoms with Gasteiger partial charge in [-0.2, -0.15) is 0 Å². The number of likely N-dealkylation sites (tertiary alicyclic amines) is 1. The van der Waals surface area contributed by atoms with Gasteiger partial charge in [-0.25, -0.2) is 4.79 Å². The number of urea groups is 1. The van der Waals surface area contributed by atoms with Crippen molar-refractivity contribution in [2.75, 3.05) is 39.3 Å². The number of carbonyl (C=O) groups excluding carboxylic acids is 2. The minimum atomic E-state index is -0.201. The van der Waals surface area contributed by atoms with Gasteiger partial charge in [0.1, 0.15) is 5.76 Å². The quantitative estimate of drug-likeness (QED) is 0.688. The third-order valence-corrected chi connectivity index (χ3v) is 6.37. The van der Waals surface area contributed by atoms with Crippen molar-refractivity contribution in [1.29, 1.82) is 0 Å². The molecule has 172 valence electrons. The van der Waals surface area contributed by atoms with Crippen molar-refractivity contribution in [1.82, 2.24) is 20.0 Å². The lowest BCUT2D eigenvalue weighted by atomic mass is 9.97. The van der Waals surface area contributed by atoms with Crippen molar-refractivity contribution in [3.8, 4) is 0 Å². The first kappa shape index (κ1) is 22.4. The highest BCUT2D eigenvalue weighted by molar-refractivity contribution is 5.77. The molecule has 1 aromatic carbocycles. The standard InChI is InChI=1S/C24H33N5O3/c25-23(30)21-6-2-8-28(17-21)16-20-5-1-4-19(14-20)15-26-24(31)29-11-9-27(10-12-29)18-22-7-3-13-32-22/h1,3-5,7,13-14,21H,2,6,8-12,15-18H2,(H2,25,30)(H,26,31). The lowest BCUT2D eigenvalue weighted by Gasteiger charge is -2.34. The lowest BCUT2D eigenvalue weighted by Crippen LogP contribution is -2.51. The molecular weight excluding hydrogens is 406 g/mol. The average Bonchev–Trinajstić information content (AvgIpc) is 3.31. The molecule has 3 N–H and O–H groups in total. The highest BCUT2D eigenvalue weighted by Crippen LogP contribution is 2.19. The number of hydrogen-bond acceptors (Lipinski definition) is 5. The minimum Gasteiger partial charge on any atom is -0.468 e. The molecule has 8 nitrogen and oxygen atoms in total. The summed E-state index contributed by atoms with van der Waals surface area (Å²) >= 11 is 0. The Kier molecular flexibility index (Phi) is 7.44. The molecule has 1 atom stereocenters. The third kappa shape index (κ3) is 6.11. The normalized spacial score (nSPS) is 20.2. The molecule has 0 bridgehead atoms. The van der Waals surface area contributed by atoms with E-state index in [0.717, 1.165) is 63.4 Å². The van der Waals surface area contributed by atoms with Crippen molar-refractivity contribution in [2.45, 2.75) is 32.5 Å². The molecule has 2 aromatic rings. The third-order valence-electron chi connectivity index (χ3n) is 6.37. The Bertz CT molecular complexity index is 893. The van der Waals surface area contributed by atoms with Crippen LogP contribution >= 0.6 is 0 Å². The van der Waals surface area contributed by atoms with Crippen molar-refractivity contribution in [3.05, 3.63) is 59.5 Å². The van der Waals surface area contributed by atoms with E-state index in [9.17, 15) is 9.59 Å². The number of nitrogens with two attached hydrogens (primary N) is 1. The fourth-order valence-corrected chi connectivity index (χ4v) is 4.55. The smallest absolute Gasteiger partial charge is 0.317 e. The summed E-state index contributed by atoms with van der Waals surface area (Å²) in [6.45, 7) is 6.89. The van der Waals surface area contributed by atoms with Gasteiger partial charge in [0.05, 0.1) is 18.7 Å². The largest absolute Gasteiger partial charge is 0.468 e. The Morgan fingerprint density at radius 3 is 2.56 bits per heavy atom. The van der Waals surface area contributed by atoms with Gasteiger partial charge in [0, 0.05) is 45.8 Å². The molecule has 2 aliphatic rings. The van der Waals surface area contributed by atoms with Crippen LogP contribution in [0.1, 0.15) is 29.7 Å². The fourth-order valence-electron chi connectivity index (χ4n) is 4.55. The number of carbonyl (C=O) groups is 2. The van der Waals surface area contributed by atoms with E-state index in [1.54, 1.807) is 6.26 Å². The first-order chi connectivity index (χ1) is 15.6. The molecule has 8 heteroatoms. The maximum Gasteiger partial charge on any atom is 0.317 e. The van der Waals surface area contributed by atoms with Crippen molar-refractivity contribution in [2.24, 2.45) is 11.7 Å². The predicted molar refractivity (Wildman–Crippen MR) is 121 cm³/mol. The second-order valence-corrected chi connectivity index (χ2v) is 8.80. The number of nitrogens with one attached hydrogen (secondary N) is 1. The number of benzene rings is 1. The van der Waals surface area contributed by atoms with E-state index in [-0.39, 0.29) is 17.9 Å². The summed E-state index contributed by atoms with van der Waals surface area (Å²) in [7, 11) is 0. The SMILES string of the molecule is NC(=O)C1CCCN(Cc2cccc(CNC(=O)N3CCN(Cc4ccco4)CC3)c2)C1. The Labute approximate surface area is 189 Å². The van der Waals surface area contributed by atoms with Crippen molar-refractivity contribution >= 4 is 11.9 Å². The summed E-state index contributed by atoms with van der Waals surface area (Å²) < 4.78 is 5.41. The van der Waals surface area contributed by atoms with Crippen LogP contribution in [0.3, 0.4) is 0 Å². The summed E-state index contributed by atoms with van der Waals surface area (Å²) in [5, 5.41) is 3.06. The lowest BCUT2D eigenvalue weighted by molar-refractivity contribution is -0.123. The first-order valence-electron chi connectivity index (χ1n) is 11.4. The minimum absolute atomic E-state index is 0.0200. The zero-order valence-electron chi connectivity index (χ0n) is 18.5. The van der Waals surface area contributed by atoms with Gasteiger partial charge in [-0.3, -0.25) is 14.6 Å². The average molecular weight is 440 g/mol. The van der Waals surface area contributed by atoms with Crippen LogP contribution in [0.4, 0.5) is 4.79 Å². The number of furan rings is 1. The first-order valence-corrected chi connectivity index (χ1v) is 11.4. The molecule has 2 aliphatic heterocycles. The van der Waals surface area contributed by atoms with Gasteiger partial charge < -0.3 is 20.4 Å². The van der Waals surface area contributed by atoms with Crippen LogP contribution in [0.5, 0.6) is 0 Å². The van der Waals surface area contributed by atoms with Crippen LogP contribution < -0.4 is 11.1 Å². The van der Waals surface area contributed by atoms with E-state index in [4.69, 9.17) is 10.2 Å². The Hall–Kier alpha value is -2.84. The second-order valence-electron chi connectivity index (χ2n) is 8.80. The second kappa shape index (κ2) is 10.7. The molecule has 4 rings (SSSR count). The van der Waals surface area contributed by atoms with Crippen LogP contribution in [-0.4, -0.2) is 65.9 Å². The van der Waals surface area contributed by atoms with Crippen LogP contribution in [0.25, 0.3) is 0 Å². The van der Waals surface area contributed by atoms with Gasteiger partial charge in [0.2, 0.25) is 5.91 Å². The van der Waals surface area contributed by atoms with E-state index in [1.807, 2.05) is 29.2 Å². The van der Waals surface area contributed by atoms with Gasteiger partial charge in [-0.05, 0) is 42.6 Å². The molecule has 32 heavy (non-hydrogen) atoms.